The van der Waals surface area contributed by atoms with Gasteiger partial charge in [-0.05, 0) is 98.7 Å². The molecule has 0 N–H and O–H groups in total. The molecule has 1 aromatic carbocycles. The summed E-state index contributed by atoms with van der Waals surface area (Å²) in [6.45, 7) is 5.53. The van der Waals surface area contributed by atoms with Crippen molar-refractivity contribution in [2.75, 3.05) is 31.6 Å². The molecule has 1 fully saturated rings. The van der Waals surface area contributed by atoms with Gasteiger partial charge in [0.2, 0.25) is 0 Å². The van der Waals surface area contributed by atoms with Gasteiger partial charge in [0.25, 0.3) is 0 Å². The molecule has 1 saturated heterocycles. The summed E-state index contributed by atoms with van der Waals surface area (Å²) in [5.41, 5.74) is 2.08. The van der Waals surface area contributed by atoms with Crippen LogP contribution >= 0.6 is 0 Å². The van der Waals surface area contributed by atoms with E-state index in [9.17, 15) is 26.3 Å². The number of nitrogens with zero attached hydrogens (tertiary/aromatic N) is 2. The van der Waals surface area contributed by atoms with E-state index in [1.807, 2.05) is 4.90 Å². The van der Waals surface area contributed by atoms with E-state index >= 15 is 0 Å². The summed E-state index contributed by atoms with van der Waals surface area (Å²) in [5.74, 6) is 0.994. The monoisotopic (exact) mass is 514 g/mol. The first-order valence-electron chi connectivity index (χ1n) is 13.0. The zero-order chi connectivity index (χ0) is 26.3. The molecule has 2 heterocycles. The molecule has 0 spiro atoms. The molecule has 3 aliphatic rings. The molecule has 0 radical (unpaired) electrons. The van der Waals surface area contributed by atoms with E-state index in [4.69, 9.17) is 0 Å². The highest BCUT2D eigenvalue weighted by Crippen LogP contribution is 2.42. The van der Waals surface area contributed by atoms with Crippen LogP contribution in [0.15, 0.2) is 41.0 Å². The standard InChI is InChI=1S/C28H36F6N2/c1-18(2)14-19-4-5-20-6-9-25(35(3)26(20)15-19)21-10-12-36(13-11-21)17-22-16-23(27(29,30)31)7-8-24(22)28(32,33)34/h4-5,15-16,18,21,25H,6-14,17H2,1-3H3. The summed E-state index contributed by atoms with van der Waals surface area (Å²) >= 11 is 0. The Hall–Kier alpha value is -1.96. The lowest BCUT2D eigenvalue weighted by molar-refractivity contribution is -0.103. The fourth-order valence-corrected chi connectivity index (χ4v) is 6.19. The van der Waals surface area contributed by atoms with Gasteiger partial charge in [0.15, 0.2) is 0 Å². The smallest absolute Gasteiger partial charge is 0.371 e. The molecule has 0 amide bonds. The van der Waals surface area contributed by atoms with Gasteiger partial charge in [0, 0.05) is 36.5 Å². The van der Waals surface area contributed by atoms with Crippen LogP contribution in [-0.4, -0.2) is 50.0 Å². The van der Waals surface area contributed by atoms with Crippen LogP contribution in [0.3, 0.4) is 0 Å². The number of rotatable bonds is 5. The van der Waals surface area contributed by atoms with Gasteiger partial charge in [-0.2, -0.15) is 26.3 Å². The fourth-order valence-electron chi connectivity index (χ4n) is 6.19. The second-order valence-corrected chi connectivity index (χ2v) is 11.1. The predicted octanol–water partition coefficient (Wildman–Crippen LogP) is 7.49. The molecule has 2 nitrogen and oxygen atoms in total. The highest BCUT2D eigenvalue weighted by atomic mass is 19.4. The summed E-state index contributed by atoms with van der Waals surface area (Å²) in [7, 11) is 2.14. The van der Waals surface area contributed by atoms with Crippen molar-refractivity contribution in [3.8, 4) is 0 Å². The van der Waals surface area contributed by atoms with Gasteiger partial charge in [-0.25, -0.2) is 0 Å². The third-order valence-electron chi connectivity index (χ3n) is 8.04. The Kier molecular flexibility index (Phi) is 7.84. The van der Waals surface area contributed by atoms with Crippen molar-refractivity contribution in [2.24, 2.45) is 11.8 Å². The van der Waals surface area contributed by atoms with Gasteiger partial charge >= 0.3 is 12.4 Å². The lowest BCUT2D eigenvalue weighted by Gasteiger charge is -2.44. The first kappa shape index (κ1) is 27.1. The number of halogens is 6. The molecule has 0 aromatic heterocycles. The van der Waals surface area contributed by atoms with Crippen LogP contribution in [0.25, 0.3) is 0 Å². The molecule has 0 saturated carbocycles. The van der Waals surface area contributed by atoms with Gasteiger partial charge in [0.05, 0.1) is 0 Å². The van der Waals surface area contributed by atoms with E-state index in [1.54, 1.807) is 0 Å². The van der Waals surface area contributed by atoms with Crippen LogP contribution in [-0.2, 0) is 12.8 Å². The van der Waals surface area contributed by atoms with Crippen molar-refractivity contribution in [1.82, 2.24) is 4.90 Å². The minimum absolute atomic E-state index is 0.0803. The average molecular weight is 515 g/mol. The number of piperidine rings is 1. The van der Waals surface area contributed by atoms with Gasteiger partial charge in [-0.15, -0.1) is 0 Å². The number of aryl methyl sites for hydroxylation is 1. The quantitative estimate of drug-likeness (QED) is 0.376. The summed E-state index contributed by atoms with van der Waals surface area (Å²) < 4.78 is 80.3. The van der Waals surface area contributed by atoms with Crippen molar-refractivity contribution < 1.29 is 26.3 Å². The van der Waals surface area contributed by atoms with Crippen LogP contribution in [0.4, 0.5) is 32.0 Å². The van der Waals surface area contributed by atoms with E-state index in [0.717, 1.165) is 38.2 Å². The molecule has 1 unspecified atom stereocenters. The molecule has 1 atom stereocenters. The van der Waals surface area contributed by atoms with Crippen LogP contribution in [0.2, 0.25) is 0 Å². The summed E-state index contributed by atoms with van der Waals surface area (Å²) in [4.78, 5) is 4.28. The molecular weight excluding hydrogens is 478 g/mol. The predicted molar refractivity (Wildman–Crippen MR) is 131 cm³/mol. The number of fused-ring (bicyclic) bond motifs is 1. The molecule has 4 rings (SSSR count). The van der Waals surface area contributed by atoms with Crippen molar-refractivity contribution in [3.63, 3.8) is 0 Å². The fraction of sp³-hybridized carbons (Fsp3) is 0.643. The Morgan fingerprint density at radius 1 is 0.917 bits per heavy atom. The third-order valence-corrected chi connectivity index (χ3v) is 8.04. The Morgan fingerprint density at radius 2 is 1.61 bits per heavy atom. The van der Waals surface area contributed by atoms with Gasteiger partial charge in [0.1, 0.15) is 0 Å². The maximum Gasteiger partial charge on any atom is 0.413 e. The Balaban J connectivity index is 1.42. The molecule has 1 aliphatic carbocycles. The zero-order valence-electron chi connectivity index (χ0n) is 21.3. The summed E-state index contributed by atoms with van der Waals surface area (Å²) in [5, 5.41) is 0. The van der Waals surface area contributed by atoms with Gasteiger partial charge < -0.3 is 4.90 Å². The maximum atomic E-state index is 13.5. The summed E-state index contributed by atoms with van der Waals surface area (Å²) in [6.07, 6.45) is -4.91. The van der Waals surface area contributed by atoms with Gasteiger partial charge in [-0.3, -0.25) is 4.90 Å². The molecule has 0 bridgehead atoms. The van der Waals surface area contributed by atoms with Gasteiger partial charge in [-0.1, -0.05) is 26.0 Å². The maximum absolute atomic E-state index is 13.5. The van der Waals surface area contributed by atoms with Crippen molar-refractivity contribution >= 4 is 5.69 Å². The third kappa shape index (κ3) is 6.12. The summed E-state index contributed by atoms with van der Waals surface area (Å²) in [6, 6.07) is 7.13. The molecule has 1 aromatic rings. The molecule has 36 heavy (non-hydrogen) atoms. The second kappa shape index (κ2) is 10.4. The highest BCUT2D eigenvalue weighted by molar-refractivity contribution is 5.58. The number of benzene rings is 1. The lowest BCUT2D eigenvalue weighted by Crippen LogP contribution is -2.46. The number of hydrogen-bond acceptors (Lipinski definition) is 2. The number of anilines is 1. The van der Waals surface area contributed by atoms with E-state index in [-0.39, 0.29) is 12.1 Å². The zero-order valence-corrected chi connectivity index (χ0v) is 21.3. The number of allylic oxidation sites excluding steroid dienone is 2. The molecule has 2 aliphatic heterocycles. The largest absolute Gasteiger partial charge is 0.413 e. The van der Waals surface area contributed by atoms with E-state index in [1.165, 1.54) is 16.8 Å². The van der Waals surface area contributed by atoms with Crippen molar-refractivity contribution in [2.45, 2.75) is 77.2 Å². The Morgan fingerprint density at radius 3 is 2.22 bits per heavy atom. The minimum Gasteiger partial charge on any atom is -0.371 e. The topological polar surface area (TPSA) is 6.48 Å². The van der Waals surface area contributed by atoms with Crippen LogP contribution in [0.1, 0.15) is 57.1 Å². The number of likely N-dealkylation sites (tertiary alicyclic amines) is 1. The van der Waals surface area contributed by atoms with Crippen molar-refractivity contribution in [1.29, 1.82) is 0 Å². The first-order valence-corrected chi connectivity index (χ1v) is 13.0. The molecule has 200 valence electrons. The van der Waals surface area contributed by atoms with E-state index < -0.39 is 36.3 Å². The number of alkyl halides is 6. The van der Waals surface area contributed by atoms with E-state index in [2.05, 4.69) is 44.0 Å². The van der Waals surface area contributed by atoms with Crippen LogP contribution in [0.5, 0.6) is 0 Å². The Bertz CT molecular complexity index is 996. The minimum atomic E-state index is -4.60. The average Bonchev–Trinajstić information content (AvgIpc) is 2.79. The van der Waals surface area contributed by atoms with Crippen molar-refractivity contribution in [3.05, 3.63) is 52.1 Å². The van der Waals surface area contributed by atoms with Crippen LogP contribution < -0.4 is 4.90 Å². The normalized spacial score (nSPS) is 22.8. The molecular formula is C28H36F6N2. The lowest BCUT2D eigenvalue weighted by atomic mass is 9.82. The highest BCUT2D eigenvalue weighted by Gasteiger charge is 2.42. The van der Waals surface area contributed by atoms with Crippen LogP contribution in [0, 0.1) is 11.8 Å². The number of hydrogen-bond donors (Lipinski definition) is 0. The first-order chi connectivity index (χ1) is 16.8. The van der Waals surface area contributed by atoms with E-state index in [0.29, 0.717) is 31.0 Å². The second-order valence-electron chi connectivity index (χ2n) is 11.1. The SMILES string of the molecule is CC(C)Cc1ccc2c(c1)N(C)C(C1CCN(CC3=C(C(F)(F)F)CCC(C(F)(F)F)=C3)CC1)CC2. The Labute approximate surface area is 210 Å². The molecule has 8 heteroatoms.